The van der Waals surface area contributed by atoms with Gasteiger partial charge in [-0.15, -0.1) is 0 Å². The number of aromatic nitrogens is 1. The molecule has 1 aliphatic heterocycles. The minimum atomic E-state index is -0.285. The molecule has 1 amide bonds. The second-order valence-corrected chi connectivity index (χ2v) is 7.76. The summed E-state index contributed by atoms with van der Waals surface area (Å²) in [5.74, 6) is 0.422. The minimum absolute atomic E-state index is 0.00183. The lowest BCUT2D eigenvalue weighted by Gasteiger charge is -2.34. The summed E-state index contributed by atoms with van der Waals surface area (Å²) in [6.07, 6.45) is 1.70. The summed E-state index contributed by atoms with van der Waals surface area (Å²) >= 11 is 0. The summed E-state index contributed by atoms with van der Waals surface area (Å²) in [5.41, 5.74) is 2.29. The van der Waals surface area contributed by atoms with Crippen molar-refractivity contribution in [1.29, 1.82) is 0 Å². The highest BCUT2D eigenvalue weighted by Gasteiger charge is 2.25. The molecule has 2 heterocycles. The maximum atomic E-state index is 13.8. The molecule has 0 unspecified atom stereocenters. The highest BCUT2D eigenvalue weighted by atomic mass is 19.1. The number of carbonyl (C=O) groups excluding carboxylic acids is 1. The largest absolute Gasteiger partial charge is 0.489 e. The van der Waals surface area contributed by atoms with Crippen LogP contribution in [-0.2, 0) is 6.54 Å². The summed E-state index contributed by atoms with van der Waals surface area (Å²) in [6, 6.07) is 14.2. The molecule has 0 radical (unpaired) electrons. The molecule has 3 aromatic rings. The Morgan fingerprint density at radius 1 is 1.13 bits per heavy atom. The highest BCUT2D eigenvalue weighted by Crippen LogP contribution is 2.31. The Kier molecular flexibility index (Phi) is 6.37. The van der Waals surface area contributed by atoms with Gasteiger partial charge in [0.1, 0.15) is 23.9 Å². The lowest BCUT2D eigenvalue weighted by molar-refractivity contribution is 0.0633. The first-order valence-electron chi connectivity index (χ1n) is 10.7. The number of amides is 1. The molecule has 6 heteroatoms. The van der Waals surface area contributed by atoms with E-state index < -0.39 is 0 Å². The van der Waals surface area contributed by atoms with Crippen LogP contribution in [0.2, 0.25) is 0 Å². The van der Waals surface area contributed by atoms with E-state index >= 15 is 0 Å². The molecule has 31 heavy (non-hydrogen) atoms. The monoisotopic (exact) mass is 421 g/mol. The van der Waals surface area contributed by atoms with E-state index in [0.29, 0.717) is 37.7 Å². The van der Waals surface area contributed by atoms with Gasteiger partial charge >= 0.3 is 0 Å². The Morgan fingerprint density at radius 3 is 2.61 bits per heavy atom. The van der Waals surface area contributed by atoms with Gasteiger partial charge in [-0.1, -0.05) is 37.8 Å². The van der Waals surface area contributed by atoms with Crippen LogP contribution in [0.4, 0.5) is 4.39 Å². The number of ether oxygens (including phenoxy) is 1. The van der Waals surface area contributed by atoms with Gasteiger partial charge in [0.2, 0.25) is 0 Å². The zero-order chi connectivity index (χ0) is 21.8. The van der Waals surface area contributed by atoms with Crippen molar-refractivity contribution in [1.82, 2.24) is 14.4 Å². The topological polar surface area (TPSA) is 37.7 Å². The minimum Gasteiger partial charge on any atom is -0.489 e. The molecule has 5 nitrogen and oxygen atoms in total. The Bertz CT molecular complexity index is 1080. The van der Waals surface area contributed by atoms with E-state index in [1.165, 1.54) is 12.1 Å². The van der Waals surface area contributed by atoms with E-state index in [-0.39, 0.29) is 11.7 Å². The van der Waals surface area contributed by atoms with Crippen molar-refractivity contribution in [2.75, 3.05) is 39.3 Å². The predicted octanol–water partition coefficient (Wildman–Crippen LogP) is 4.17. The molecule has 0 saturated carbocycles. The number of nitrogens with zero attached hydrogens (tertiary/aromatic N) is 3. The normalized spacial score (nSPS) is 14.7. The Labute approximate surface area is 182 Å². The van der Waals surface area contributed by atoms with Crippen molar-refractivity contribution in [2.24, 2.45) is 0 Å². The first kappa shape index (κ1) is 21.1. The van der Waals surface area contributed by atoms with Crippen LogP contribution in [0.1, 0.15) is 23.0 Å². The molecule has 0 spiro atoms. The van der Waals surface area contributed by atoms with Crippen molar-refractivity contribution >= 4 is 16.8 Å². The molecule has 0 bridgehead atoms. The average molecular weight is 422 g/mol. The molecule has 1 aromatic heterocycles. The van der Waals surface area contributed by atoms with Crippen molar-refractivity contribution in [3.63, 3.8) is 0 Å². The fourth-order valence-corrected chi connectivity index (χ4v) is 4.13. The SMILES string of the molecule is C=CCOc1cccc2c1cc(C(=O)N1CCN(CC)CC1)n2Cc1cccc(F)c1. The van der Waals surface area contributed by atoms with E-state index in [4.69, 9.17) is 4.74 Å². The molecule has 2 aromatic carbocycles. The fraction of sp³-hybridized carbons (Fsp3) is 0.320. The van der Waals surface area contributed by atoms with Crippen LogP contribution in [0.5, 0.6) is 5.75 Å². The lowest BCUT2D eigenvalue weighted by atomic mass is 10.2. The number of likely N-dealkylation sites (N-methyl/N-ethyl adjacent to an activating group) is 1. The van der Waals surface area contributed by atoms with Gasteiger partial charge in [0.25, 0.3) is 5.91 Å². The number of halogens is 1. The summed E-state index contributed by atoms with van der Waals surface area (Å²) in [4.78, 5) is 17.8. The van der Waals surface area contributed by atoms with Gasteiger partial charge in [0.15, 0.2) is 0 Å². The van der Waals surface area contributed by atoms with Crippen LogP contribution in [0, 0.1) is 5.82 Å². The van der Waals surface area contributed by atoms with E-state index in [2.05, 4.69) is 18.4 Å². The van der Waals surface area contributed by atoms with Crippen LogP contribution in [0.3, 0.4) is 0 Å². The van der Waals surface area contributed by atoms with Gasteiger partial charge in [-0.05, 0) is 42.4 Å². The predicted molar refractivity (Wildman–Crippen MR) is 121 cm³/mol. The smallest absolute Gasteiger partial charge is 0.270 e. The summed E-state index contributed by atoms with van der Waals surface area (Å²) in [5, 5.41) is 0.872. The molecule has 1 fully saturated rings. The second-order valence-electron chi connectivity index (χ2n) is 7.76. The summed E-state index contributed by atoms with van der Waals surface area (Å²) < 4.78 is 21.6. The molecule has 162 valence electrons. The van der Waals surface area contributed by atoms with Gasteiger partial charge in [0, 0.05) is 38.1 Å². The third-order valence-corrected chi connectivity index (χ3v) is 5.82. The lowest BCUT2D eigenvalue weighted by Crippen LogP contribution is -2.48. The quantitative estimate of drug-likeness (QED) is 0.538. The molecule has 4 rings (SSSR count). The third-order valence-electron chi connectivity index (χ3n) is 5.82. The van der Waals surface area contributed by atoms with Gasteiger partial charge in [0.05, 0.1) is 5.52 Å². The van der Waals surface area contributed by atoms with Crippen molar-refractivity contribution < 1.29 is 13.9 Å². The number of rotatable bonds is 7. The molecule has 1 saturated heterocycles. The van der Waals surface area contributed by atoms with Gasteiger partial charge in [-0.2, -0.15) is 0 Å². The Balaban J connectivity index is 1.75. The Morgan fingerprint density at radius 2 is 1.90 bits per heavy atom. The fourth-order valence-electron chi connectivity index (χ4n) is 4.13. The van der Waals surface area contributed by atoms with Gasteiger partial charge in [-0.3, -0.25) is 4.79 Å². The van der Waals surface area contributed by atoms with Crippen LogP contribution < -0.4 is 4.74 Å². The number of hydrogen-bond donors (Lipinski definition) is 0. The molecule has 0 N–H and O–H groups in total. The number of hydrogen-bond acceptors (Lipinski definition) is 3. The zero-order valence-corrected chi connectivity index (χ0v) is 17.9. The molecular weight excluding hydrogens is 393 g/mol. The summed E-state index contributed by atoms with van der Waals surface area (Å²) in [7, 11) is 0. The van der Waals surface area contributed by atoms with Crippen molar-refractivity contribution in [2.45, 2.75) is 13.5 Å². The van der Waals surface area contributed by atoms with Crippen LogP contribution in [0.25, 0.3) is 10.9 Å². The Hall–Kier alpha value is -3.12. The van der Waals surface area contributed by atoms with Crippen LogP contribution >= 0.6 is 0 Å². The standard InChI is InChI=1S/C25H28FN3O2/c1-3-15-31-24-10-6-9-22-21(24)17-23(25(30)28-13-11-27(4-2)12-14-28)29(22)18-19-7-5-8-20(26)16-19/h3,5-10,16-17H,1,4,11-15,18H2,2H3. The van der Waals surface area contributed by atoms with Crippen molar-refractivity contribution in [3.05, 3.63) is 78.3 Å². The molecule has 0 atom stereocenters. The van der Waals surface area contributed by atoms with E-state index in [1.807, 2.05) is 39.8 Å². The summed E-state index contributed by atoms with van der Waals surface area (Å²) in [6.45, 7) is 10.8. The zero-order valence-electron chi connectivity index (χ0n) is 17.9. The van der Waals surface area contributed by atoms with Crippen LogP contribution in [0.15, 0.2) is 61.2 Å². The molecule has 0 aliphatic carbocycles. The second kappa shape index (κ2) is 9.35. The molecular formula is C25H28FN3O2. The average Bonchev–Trinajstić information content (AvgIpc) is 3.16. The van der Waals surface area contributed by atoms with Crippen LogP contribution in [-0.4, -0.2) is 59.6 Å². The third kappa shape index (κ3) is 4.49. The van der Waals surface area contributed by atoms with E-state index in [9.17, 15) is 9.18 Å². The number of fused-ring (bicyclic) bond motifs is 1. The first-order valence-corrected chi connectivity index (χ1v) is 10.7. The maximum Gasteiger partial charge on any atom is 0.270 e. The maximum absolute atomic E-state index is 13.8. The van der Waals surface area contributed by atoms with Crippen molar-refractivity contribution in [3.8, 4) is 5.75 Å². The van der Waals surface area contributed by atoms with Gasteiger partial charge in [-0.25, -0.2) is 4.39 Å². The number of benzene rings is 2. The number of carbonyl (C=O) groups is 1. The highest BCUT2D eigenvalue weighted by molar-refractivity contribution is 6.00. The first-order chi connectivity index (χ1) is 15.1. The van der Waals surface area contributed by atoms with E-state index in [1.54, 1.807) is 12.1 Å². The molecule has 1 aliphatic rings. The van der Waals surface area contributed by atoms with Gasteiger partial charge < -0.3 is 19.1 Å². The van der Waals surface area contributed by atoms with E-state index in [0.717, 1.165) is 36.1 Å². The number of piperazine rings is 1.